The van der Waals surface area contributed by atoms with E-state index in [1.807, 2.05) is 42.3 Å². The number of ether oxygens (including phenoxy) is 1. The number of phenols is 1. The van der Waals surface area contributed by atoms with Crippen LogP contribution in [0, 0.1) is 0 Å². The average Bonchev–Trinajstić information content (AvgIpc) is 2.54. The van der Waals surface area contributed by atoms with E-state index in [4.69, 9.17) is 9.84 Å². The summed E-state index contributed by atoms with van der Waals surface area (Å²) in [5, 5.41) is 22.0. The van der Waals surface area contributed by atoms with E-state index in [9.17, 15) is 5.11 Å². The van der Waals surface area contributed by atoms with Crippen LogP contribution in [0.5, 0.6) is 11.5 Å². The zero-order chi connectivity index (χ0) is 15.9. The summed E-state index contributed by atoms with van der Waals surface area (Å²) in [4.78, 5) is 1.99. The van der Waals surface area contributed by atoms with E-state index in [0.29, 0.717) is 18.8 Å². The van der Waals surface area contributed by atoms with Crippen LogP contribution in [0.2, 0.25) is 0 Å². The fourth-order valence-corrected chi connectivity index (χ4v) is 2.16. The predicted octanol–water partition coefficient (Wildman–Crippen LogP) is 2.44. The predicted molar refractivity (Wildman–Crippen MR) is 88.8 cm³/mol. The molecule has 0 unspecified atom stereocenters. The van der Waals surface area contributed by atoms with Crippen LogP contribution >= 0.6 is 0 Å². The van der Waals surface area contributed by atoms with Gasteiger partial charge in [0, 0.05) is 31.5 Å². The van der Waals surface area contributed by atoms with Crippen LogP contribution in [0.3, 0.4) is 0 Å². The normalized spacial score (nSPS) is 10.3. The van der Waals surface area contributed by atoms with Crippen LogP contribution in [-0.4, -0.2) is 37.5 Å². The molecule has 0 atom stereocenters. The number of rotatable bonds is 7. The quantitative estimate of drug-likeness (QED) is 0.733. The molecule has 5 heteroatoms. The highest BCUT2D eigenvalue weighted by atomic mass is 16.5. The van der Waals surface area contributed by atoms with Crippen LogP contribution in [0.1, 0.15) is 5.56 Å². The second-order valence-corrected chi connectivity index (χ2v) is 5.05. The molecule has 2 rings (SSSR count). The van der Waals surface area contributed by atoms with Gasteiger partial charge in [-0.05, 0) is 42.0 Å². The first kappa shape index (κ1) is 16.0. The molecule has 0 aliphatic carbocycles. The monoisotopic (exact) mass is 302 g/mol. The third kappa shape index (κ3) is 4.05. The molecule has 22 heavy (non-hydrogen) atoms. The number of hydrogen-bond donors (Lipinski definition) is 3. The first-order valence-electron chi connectivity index (χ1n) is 7.16. The van der Waals surface area contributed by atoms with E-state index in [2.05, 4.69) is 5.32 Å². The van der Waals surface area contributed by atoms with Crippen LogP contribution in [0.15, 0.2) is 42.5 Å². The summed E-state index contributed by atoms with van der Waals surface area (Å²) < 4.78 is 5.03. The molecule has 3 N–H and O–H groups in total. The van der Waals surface area contributed by atoms with Crippen molar-refractivity contribution in [1.29, 1.82) is 0 Å². The lowest BCUT2D eigenvalue weighted by Crippen LogP contribution is -2.20. The smallest absolute Gasteiger partial charge is 0.160 e. The number of benzene rings is 2. The number of aromatic hydroxyl groups is 1. The molecule has 0 bridgehead atoms. The minimum absolute atomic E-state index is 0.136. The third-order valence-corrected chi connectivity index (χ3v) is 3.48. The summed E-state index contributed by atoms with van der Waals surface area (Å²) in [5.74, 6) is 0.614. The van der Waals surface area contributed by atoms with Crippen molar-refractivity contribution in [3.63, 3.8) is 0 Å². The Hall–Kier alpha value is -2.40. The van der Waals surface area contributed by atoms with Crippen molar-refractivity contribution in [1.82, 2.24) is 0 Å². The van der Waals surface area contributed by atoms with Crippen LogP contribution in [0.25, 0.3) is 0 Å². The van der Waals surface area contributed by atoms with Crippen LogP contribution in [-0.2, 0) is 6.54 Å². The second-order valence-electron chi connectivity index (χ2n) is 5.05. The van der Waals surface area contributed by atoms with Crippen molar-refractivity contribution in [3.8, 4) is 11.5 Å². The van der Waals surface area contributed by atoms with Gasteiger partial charge in [-0.1, -0.05) is 6.07 Å². The summed E-state index contributed by atoms with van der Waals surface area (Å²) in [6, 6.07) is 13.3. The Kier molecular flexibility index (Phi) is 5.49. The molecule has 5 nitrogen and oxygen atoms in total. The maximum absolute atomic E-state index is 9.76. The first-order valence-corrected chi connectivity index (χ1v) is 7.16. The Labute approximate surface area is 130 Å². The van der Waals surface area contributed by atoms with Gasteiger partial charge in [0.05, 0.1) is 13.7 Å². The molecule has 118 valence electrons. The number of hydrogen-bond acceptors (Lipinski definition) is 5. The highest BCUT2D eigenvalue weighted by Crippen LogP contribution is 2.26. The first-order chi connectivity index (χ1) is 10.6. The molecular weight excluding hydrogens is 280 g/mol. The largest absolute Gasteiger partial charge is 0.504 e. The number of aliphatic hydroxyl groups is 1. The molecule has 2 aromatic carbocycles. The van der Waals surface area contributed by atoms with E-state index >= 15 is 0 Å². The molecule has 0 aliphatic heterocycles. The Morgan fingerprint density at radius 3 is 2.45 bits per heavy atom. The van der Waals surface area contributed by atoms with Crippen molar-refractivity contribution in [2.45, 2.75) is 6.54 Å². The maximum Gasteiger partial charge on any atom is 0.160 e. The molecule has 0 heterocycles. The molecule has 0 saturated heterocycles. The average molecular weight is 302 g/mol. The molecule has 0 saturated carbocycles. The summed E-state index contributed by atoms with van der Waals surface area (Å²) >= 11 is 0. The maximum atomic E-state index is 9.76. The van der Waals surface area contributed by atoms with Gasteiger partial charge in [-0.2, -0.15) is 0 Å². The molecule has 0 aromatic heterocycles. The van der Waals surface area contributed by atoms with Crippen LogP contribution < -0.4 is 15.0 Å². The van der Waals surface area contributed by atoms with Gasteiger partial charge in [0.1, 0.15) is 0 Å². The van der Waals surface area contributed by atoms with Gasteiger partial charge in [0.15, 0.2) is 11.5 Å². The van der Waals surface area contributed by atoms with Crippen molar-refractivity contribution in [2.75, 3.05) is 37.5 Å². The lowest BCUT2D eigenvalue weighted by molar-refractivity contribution is 0.304. The lowest BCUT2D eigenvalue weighted by Gasteiger charge is -2.18. The third-order valence-electron chi connectivity index (χ3n) is 3.48. The van der Waals surface area contributed by atoms with Crippen molar-refractivity contribution in [2.24, 2.45) is 0 Å². The minimum Gasteiger partial charge on any atom is -0.504 e. The van der Waals surface area contributed by atoms with Gasteiger partial charge in [-0.15, -0.1) is 0 Å². The second kappa shape index (κ2) is 7.56. The lowest BCUT2D eigenvalue weighted by atomic mass is 10.2. The fraction of sp³-hybridized carbons (Fsp3) is 0.294. The molecule has 0 spiro atoms. The molecule has 0 amide bonds. The van der Waals surface area contributed by atoms with Gasteiger partial charge in [-0.25, -0.2) is 0 Å². The van der Waals surface area contributed by atoms with Crippen molar-refractivity contribution < 1.29 is 14.9 Å². The van der Waals surface area contributed by atoms with Crippen molar-refractivity contribution in [3.05, 3.63) is 48.0 Å². The SMILES string of the molecule is COc1ccc(CNc2ccc(N(C)CCO)cc2)cc1O. The van der Waals surface area contributed by atoms with Gasteiger partial charge >= 0.3 is 0 Å². The Morgan fingerprint density at radius 2 is 1.86 bits per heavy atom. The number of phenolic OH excluding ortho intramolecular Hbond substituents is 1. The van der Waals surface area contributed by atoms with Gasteiger partial charge in [0.2, 0.25) is 0 Å². The summed E-state index contributed by atoms with van der Waals surface area (Å²) in [6.45, 7) is 1.36. The van der Waals surface area contributed by atoms with E-state index in [-0.39, 0.29) is 12.4 Å². The summed E-state index contributed by atoms with van der Waals surface area (Å²) in [5.41, 5.74) is 3.03. The molecule has 0 aliphatic rings. The molecule has 0 fully saturated rings. The molecule has 2 aromatic rings. The Balaban J connectivity index is 1.95. The summed E-state index contributed by atoms with van der Waals surface area (Å²) in [7, 11) is 3.47. The van der Waals surface area contributed by atoms with Gasteiger partial charge in [0.25, 0.3) is 0 Å². The fourth-order valence-electron chi connectivity index (χ4n) is 2.16. The number of likely N-dealkylation sites (N-methyl/N-ethyl adjacent to an activating group) is 1. The van der Waals surface area contributed by atoms with E-state index in [1.165, 1.54) is 7.11 Å². The topological polar surface area (TPSA) is 65.0 Å². The van der Waals surface area contributed by atoms with E-state index in [1.54, 1.807) is 12.1 Å². The highest BCUT2D eigenvalue weighted by molar-refractivity contribution is 5.55. The van der Waals surface area contributed by atoms with E-state index < -0.39 is 0 Å². The van der Waals surface area contributed by atoms with Crippen LogP contribution in [0.4, 0.5) is 11.4 Å². The zero-order valence-corrected chi connectivity index (χ0v) is 12.9. The highest BCUT2D eigenvalue weighted by Gasteiger charge is 2.03. The molecular formula is C17H22N2O3. The van der Waals surface area contributed by atoms with Gasteiger partial charge in [-0.3, -0.25) is 0 Å². The number of methoxy groups -OCH3 is 1. The number of nitrogens with one attached hydrogen (secondary N) is 1. The molecule has 0 radical (unpaired) electrons. The summed E-state index contributed by atoms with van der Waals surface area (Å²) in [6.07, 6.45) is 0. The number of aliphatic hydroxyl groups excluding tert-OH is 1. The zero-order valence-electron chi connectivity index (χ0n) is 12.9. The van der Waals surface area contributed by atoms with E-state index in [0.717, 1.165) is 16.9 Å². The number of nitrogens with zero attached hydrogens (tertiary/aromatic N) is 1. The van der Waals surface area contributed by atoms with Crippen molar-refractivity contribution >= 4 is 11.4 Å². The Morgan fingerprint density at radius 1 is 1.14 bits per heavy atom. The number of anilines is 2. The Bertz CT molecular complexity index is 599. The van der Waals surface area contributed by atoms with Gasteiger partial charge < -0.3 is 25.2 Å². The minimum atomic E-state index is 0.136. The standard InChI is InChI=1S/C17H22N2O3/c1-19(9-10-20)15-6-4-14(5-7-15)18-12-13-3-8-17(22-2)16(21)11-13/h3-8,11,18,20-21H,9-10,12H2,1-2H3.